The van der Waals surface area contributed by atoms with Gasteiger partial charge in [-0.3, -0.25) is 28.6 Å². The summed E-state index contributed by atoms with van der Waals surface area (Å²) in [6, 6.07) is 13.3. The van der Waals surface area contributed by atoms with Gasteiger partial charge in [0.1, 0.15) is 35.0 Å². The maximum absolute atomic E-state index is 14.5. The molecular formula is C47H74N7O11P. The molecule has 1 saturated heterocycles. The Labute approximate surface area is 390 Å². The summed E-state index contributed by atoms with van der Waals surface area (Å²) in [5.74, 6) is -2.53. The van der Waals surface area contributed by atoms with Crippen LogP contribution in [0.3, 0.4) is 0 Å². The van der Waals surface area contributed by atoms with Crippen molar-refractivity contribution in [1.82, 2.24) is 31.1 Å². The van der Waals surface area contributed by atoms with E-state index in [4.69, 9.17) is 19.5 Å². The van der Waals surface area contributed by atoms with Gasteiger partial charge in [-0.25, -0.2) is 9.59 Å². The van der Waals surface area contributed by atoms with Gasteiger partial charge in [0, 0.05) is 52.2 Å². The number of unbranched alkanes of at least 4 members (excludes halogenated alkanes) is 1. The molecule has 0 bridgehead atoms. The predicted octanol–water partition coefficient (Wildman–Crippen LogP) is 5.58. The van der Waals surface area contributed by atoms with Crippen molar-refractivity contribution in [2.24, 2.45) is 11.7 Å². The lowest BCUT2D eigenvalue weighted by Gasteiger charge is -2.42. The Morgan fingerprint density at radius 1 is 0.773 bits per heavy atom. The highest BCUT2D eigenvalue weighted by Gasteiger charge is 2.50. The fourth-order valence-corrected chi connectivity index (χ4v) is 9.51. The van der Waals surface area contributed by atoms with Crippen molar-refractivity contribution >= 4 is 43.4 Å². The molecule has 1 heterocycles. The fraction of sp³-hybridized carbons (Fsp3) is 0.617. The Kier molecular flexibility index (Phi) is 20.7. The van der Waals surface area contributed by atoms with Gasteiger partial charge < -0.3 is 50.8 Å². The normalized spacial score (nSPS) is 16.0. The summed E-state index contributed by atoms with van der Waals surface area (Å²) in [4.78, 5) is 85.2. The Balaban J connectivity index is 1.92. The van der Waals surface area contributed by atoms with Crippen LogP contribution in [-0.4, -0.2) is 125 Å². The Hall–Kier alpha value is -5.03. The highest BCUT2D eigenvalue weighted by molar-refractivity contribution is 7.55. The zero-order valence-corrected chi connectivity index (χ0v) is 41.3. The molecule has 6 amide bonds. The molecule has 368 valence electrons. The molecule has 0 aromatic heterocycles. The summed E-state index contributed by atoms with van der Waals surface area (Å²) in [6.07, 6.45) is -0.449. The zero-order valence-electron chi connectivity index (χ0n) is 40.4. The number of nitrogens with two attached hydrogens (primary N) is 1. The fourth-order valence-electron chi connectivity index (χ4n) is 7.88. The number of hydrogen-bond donors (Lipinski definition) is 6. The molecule has 0 unspecified atom stereocenters. The summed E-state index contributed by atoms with van der Waals surface area (Å²) in [5, 5.41) is 20.4. The number of alkyl carbamates (subject to hydrolysis) is 1. The van der Waals surface area contributed by atoms with Gasteiger partial charge in [0.15, 0.2) is 0 Å². The van der Waals surface area contributed by atoms with Crippen LogP contribution in [0, 0.1) is 5.92 Å². The Morgan fingerprint density at radius 3 is 1.76 bits per heavy atom. The minimum absolute atomic E-state index is 0.0180. The molecule has 18 nitrogen and oxygen atoms in total. The SMILES string of the molecule is COP(=O)(OC)C1(N)CCN(C(=O)[C@@H](CCCCNC(=O)OC(C)(C)C)NC(=O)[C@@H](CC(C)C)NC(=O)[C@@H](Cc2ccccc2)NC(=O)[C@@H](Cc2ccccc2)N(C(=O)O)C(C)(C)C)CC1. The molecule has 0 spiro atoms. The van der Waals surface area contributed by atoms with E-state index in [1.165, 1.54) is 19.1 Å². The predicted molar refractivity (Wildman–Crippen MR) is 251 cm³/mol. The van der Waals surface area contributed by atoms with E-state index in [-0.39, 0.29) is 64.1 Å². The van der Waals surface area contributed by atoms with Crippen LogP contribution in [0.1, 0.15) is 105 Å². The lowest BCUT2D eigenvalue weighted by molar-refractivity contribution is -0.139. The van der Waals surface area contributed by atoms with Gasteiger partial charge >= 0.3 is 19.8 Å². The summed E-state index contributed by atoms with van der Waals surface area (Å²) in [6.45, 7) is 14.5. The van der Waals surface area contributed by atoms with E-state index < -0.39 is 84.0 Å². The molecule has 3 rings (SSSR count). The molecule has 66 heavy (non-hydrogen) atoms. The van der Waals surface area contributed by atoms with Gasteiger partial charge in [0.05, 0.1) is 0 Å². The van der Waals surface area contributed by atoms with Crippen molar-refractivity contribution in [3.05, 3.63) is 71.8 Å². The first-order valence-electron chi connectivity index (χ1n) is 22.6. The summed E-state index contributed by atoms with van der Waals surface area (Å²) >= 11 is 0. The van der Waals surface area contributed by atoms with E-state index in [1.54, 1.807) is 90.1 Å². The van der Waals surface area contributed by atoms with E-state index in [0.29, 0.717) is 24.0 Å². The van der Waals surface area contributed by atoms with Crippen molar-refractivity contribution in [1.29, 1.82) is 0 Å². The van der Waals surface area contributed by atoms with Crippen molar-refractivity contribution in [3.63, 3.8) is 0 Å². The van der Waals surface area contributed by atoms with Crippen LogP contribution in [0.25, 0.3) is 0 Å². The van der Waals surface area contributed by atoms with Gasteiger partial charge in [-0.05, 0) is 97.1 Å². The van der Waals surface area contributed by atoms with Crippen LogP contribution >= 0.6 is 7.60 Å². The number of carbonyl (C=O) groups excluding carboxylic acids is 5. The first kappa shape index (κ1) is 55.3. The van der Waals surface area contributed by atoms with Crippen molar-refractivity contribution in [2.45, 2.75) is 147 Å². The monoisotopic (exact) mass is 944 g/mol. The second kappa shape index (κ2) is 24.7. The van der Waals surface area contributed by atoms with Crippen molar-refractivity contribution in [3.8, 4) is 0 Å². The topological polar surface area (TPSA) is 248 Å². The molecule has 0 radical (unpaired) electrons. The average Bonchev–Trinajstić information content (AvgIpc) is 3.24. The van der Waals surface area contributed by atoms with Gasteiger partial charge in [-0.1, -0.05) is 74.5 Å². The maximum atomic E-state index is 14.5. The first-order chi connectivity index (χ1) is 30.8. The van der Waals surface area contributed by atoms with Crippen LogP contribution in [0.15, 0.2) is 60.7 Å². The van der Waals surface area contributed by atoms with E-state index in [2.05, 4.69) is 21.3 Å². The van der Waals surface area contributed by atoms with Gasteiger partial charge in [0.25, 0.3) is 0 Å². The van der Waals surface area contributed by atoms with E-state index in [9.17, 15) is 38.4 Å². The Morgan fingerprint density at radius 2 is 1.27 bits per heavy atom. The molecule has 1 fully saturated rings. The van der Waals surface area contributed by atoms with Crippen molar-refractivity contribution in [2.75, 3.05) is 33.9 Å². The van der Waals surface area contributed by atoms with Crippen LogP contribution in [0.4, 0.5) is 9.59 Å². The number of likely N-dealkylation sites (tertiary alicyclic amines) is 1. The number of benzene rings is 2. The first-order valence-corrected chi connectivity index (χ1v) is 24.1. The molecule has 2 aromatic carbocycles. The summed E-state index contributed by atoms with van der Waals surface area (Å²) in [5.41, 5.74) is 6.26. The summed E-state index contributed by atoms with van der Waals surface area (Å²) < 4.78 is 29.0. The maximum Gasteiger partial charge on any atom is 0.408 e. The molecule has 0 saturated carbocycles. The van der Waals surface area contributed by atoms with Crippen LogP contribution < -0.4 is 27.0 Å². The third-order valence-corrected chi connectivity index (χ3v) is 13.7. The number of amides is 6. The van der Waals surface area contributed by atoms with E-state index in [1.807, 2.05) is 26.0 Å². The number of carboxylic acid groups (broad SMARTS) is 1. The number of ether oxygens (including phenoxy) is 1. The number of rotatable bonds is 22. The number of piperidine rings is 1. The molecule has 1 aliphatic heterocycles. The second-order valence-corrected chi connectivity index (χ2v) is 21.9. The van der Waals surface area contributed by atoms with Gasteiger partial charge in [-0.15, -0.1) is 0 Å². The molecule has 4 atom stereocenters. The van der Waals surface area contributed by atoms with Crippen molar-refractivity contribution < 1.29 is 52.2 Å². The van der Waals surface area contributed by atoms with Gasteiger partial charge in [0.2, 0.25) is 23.6 Å². The number of nitrogens with one attached hydrogen (secondary N) is 4. The molecule has 2 aromatic rings. The minimum Gasteiger partial charge on any atom is -0.465 e. The quantitative estimate of drug-likeness (QED) is 0.0626. The lowest BCUT2D eigenvalue weighted by atomic mass is 9.96. The smallest absolute Gasteiger partial charge is 0.408 e. The third-order valence-electron chi connectivity index (χ3n) is 11.2. The zero-order chi connectivity index (χ0) is 49.5. The highest BCUT2D eigenvalue weighted by atomic mass is 31.2. The number of nitrogens with zero attached hydrogens (tertiary/aromatic N) is 2. The molecule has 0 aliphatic carbocycles. The van der Waals surface area contributed by atoms with E-state index >= 15 is 0 Å². The van der Waals surface area contributed by atoms with Crippen LogP contribution in [-0.2, 0) is 50.4 Å². The number of hydrogen-bond acceptors (Lipinski definition) is 11. The minimum atomic E-state index is -3.71. The molecule has 19 heteroatoms. The molecule has 1 aliphatic rings. The lowest BCUT2D eigenvalue weighted by Crippen LogP contribution is -2.62. The van der Waals surface area contributed by atoms with Crippen LogP contribution in [0.5, 0.6) is 0 Å². The number of carbonyl (C=O) groups is 6. The third kappa shape index (κ3) is 16.7. The van der Waals surface area contributed by atoms with E-state index in [0.717, 1.165) is 4.90 Å². The highest BCUT2D eigenvalue weighted by Crippen LogP contribution is 2.60. The summed E-state index contributed by atoms with van der Waals surface area (Å²) in [7, 11) is -1.19. The standard InChI is InChI=1S/C47H74N7O11P/c1-32(2)29-36(39(55)50-35(23-17-18-26-49-43(59)65-46(6,7)8)42(58)53-27-24-47(48,25-28-53)66(62,63-9)64-10)51-40(56)37(30-33-19-13-11-14-20-33)52-41(57)38(31-34-21-15-12-16-22-34)54(44(60)61)45(3,4)5/h11-16,19-22,32,35-38H,17-18,23-31,48H2,1-10H3,(H,49,59)(H,50,55)(H,51,56)(H,52,57)(H,60,61)/t35-,36-,37-,38-/m1/s1. The second-order valence-electron chi connectivity index (χ2n) is 19.2. The van der Waals surface area contributed by atoms with Crippen LogP contribution in [0.2, 0.25) is 0 Å². The van der Waals surface area contributed by atoms with Gasteiger partial charge in [-0.2, -0.15) is 0 Å². The Bertz CT molecular complexity index is 1960. The molecular weight excluding hydrogens is 870 g/mol. The average molecular weight is 944 g/mol. The largest absolute Gasteiger partial charge is 0.465 e. The molecule has 7 N–H and O–H groups in total.